The lowest BCUT2D eigenvalue weighted by molar-refractivity contribution is -0.125. The van der Waals surface area contributed by atoms with Crippen molar-refractivity contribution in [1.82, 2.24) is 10.6 Å². The summed E-state index contributed by atoms with van der Waals surface area (Å²) in [7, 11) is 0. The molecule has 0 saturated carbocycles. The van der Waals surface area contributed by atoms with Gasteiger partial charge in [0.05, 0.1) is 0 Å². The zero-order valence-electron chi connectivity index (χ0n) is 11.9. The van der Waals surface area contributed by atoms with E-state index in [0.717, 1.165) is 31.6 Å². The fourth-order valence-electron chi connectivity index (χ4n) is 2.27. The molecule has 0 aliphatic carbocycles. The molecule has 1 aliphatic heterocycles. The van der Waals surface area contributed by atoms with Crippen LogP contribution in [-0.4, -0.2) is 31.4 Å². The van der Waals surface area contributed by atoms with Crippen LogP contribution in [0.2, 0.25) is 0 Å². The van der Waals surface area contributed by atoms with Gasteiger partial charge in [0.1, 0.15) is 0 Å². The molecule has 1 heterocycles. The molecule has 0 unspecified atom stereocenters. The largest absolute Gasteiger partial charge is 0.355 e. The molecule has 0 spiro atoms. The summed E-state index contributed by atoms with van der Waals surface area (Å²) in [4.78, 5) is 23.6. The minimum atomic E-state index is -0.0817. The van der Waals surface area contributed by atoms with Crippen molar-refractivity contribution in [3.63, 3.8) is 0 Å². The Labute approximate surface area is 131 Å². The zero-order chi connectivity index (χ0) is 14.2. The van der Waals surface area contributed by atoms with Crippen molar-refractivity contribution in [2.75, 3.05) is 25.0 Å². The van der Waals surface area contributed by atoms with Crippen LogP contribution < -0.4 is 16.0 Å². The molecule has 2 amide bonds. The van der Waals surface area contributed by atoms with E-state index in [-0.39, 0.29) is 30.1 Å². The molecule has 21 heavy (non-hydrogen) atoms. The number of nitrogens with one attached hydrogen (secondary N) is 3. The Morgan fingerprint density at radius 2 is 1.81 bits per heavy atom. The number of amides is 2. The third kappa shape index (κ3) is 6.14. The van der Waals surface area contributed by atoms with Gasteiger partial charge >= 0.3 is 0 Å². The fraction of sp³-hybridized carbons (Fsp3) is 0.467. The Bertz CT molecular complexity index is 447. The number of halogens is 1. The van der Waals surface area contributed by atoms with Crippen LogP contribution in [0.1, 0.15) is 19.3 Å². The lowest BCUT2D eigenvalue weighted by Crippen LogP contribution is -2.39. The maximum atomic E-state index is 11.9. The first-order valence-corrected chi connectivity index (χ1v) is 7.09. The number of carbonyl (C=O) groups excluding carboxylic acids is 2. The van der Waals surface area contributed by atoms with Crippen LogP contribution in [-0.2, 0) is 9.59 Å². The van der Waals surface area contributed by atoms with Crippen molar-refractivity contribution in [2.45, 2.75) is 19.3 Å². The van der Waals surface area contributed by atoms with Crippen molar-refractivity contribution in [1.29, 1.82) is 0 Å². The number of piperidine rings is 1. The first kappa shape index (κ1) is 17.5. The fourth-order valence-corrected chi connectivity index (χ4v) is 2.27. The van der Waals surface area contributed by atoms with Crippen LogP contribution in [0, 0.1) is 5.92 Å². The van der Waals surface area contributed by atoms with Gasteiger partial charge in [0, 0.05) is 24.6 Å². The highest BCUT2D eigenvalue weighted by Gasteiger charge is 2.20. The SMILES string of the molecule is Cl.O=C(CCNC(=O)C1CCNCC1)Nc1ccccc1. The number of rotatable bonds is 5. The molecule has 0 atom stereocenters. The van der Waals surface area contributed by atoms with Gasteiger partial charge in [0.25, 0.3) is 0 Å². The molecule has 1 saturated heterocycles. The van der Waals surface area contributed by atoms with Gasteiger partial charge in [-0.05, 0) is 38.1 Å². The molecule has 2 rings (SSSR count). The minimum Gasteiger partial charge on any atom is -0.355 e. The van der Waals surface area contributed by atoms with Crippen molar-refractivity contribution in [3.8, 4) is 0 Å². The van der Waals surface area contributed by atoms with Crippen LogP contribution in [0.15, 0.2) is 30.3 Å². The topological polar surface area (TPSA) is 70.2 Å². The summed E-state index contributed by atoms with van der Waals surface area (Å²) in [6.07, 6.45) is 2.05. The molecular weight excluding hydrogens is 290 g/mol. The molecule has 1 aliphatic rings. The molecule has 0 radical (unpaired) electrons. The van der Waals surface area contributed by atoms with Crippen LogP contribution >= 0.6 is 12.4 Å². The molecule has 0 bridgehead atoms. The second-order valence-corrected chi connectivity index (χ2v) is 4.98. The van der Waals surface area contributed by atoms with Crippen LogP contribution in [0.5, 0.6) is 0 Å². The molecule has 6 heteroatoms. The van der Waals surface area contributed by atoms with Crippen molar-refractivity contribution in [2.24, 2.45) is 5.92 Å². The minimum absolute atomic E-state index is 0. The van der Waals surface area contributed by atoms with E-state index in [2.05, 4.69) is 16.0 Å². The highest BCUT2D eigenvalue weighted by molar-refractivity contribution is 5.91. The van der Waals surface area contributed by atoms with Gasteiger partial charge in [0.15, 0.2) is 0 Å². The molecular formula is C15H22ClN3O2. The van der Waals surface area contributed by atoms with E-state index < -0.39 is 0 Å². The first-order chi connectivity index (χ1) is 9.75. The predicted octanol–water partition coefficient (Wildman–Crippen LogP) is 1.55. The van der Waals surface area contributed by atoms with E-state index in [4.69, 9.17) is 0 Å². The summed E-state index contributed by atoms with van der Waals surface area (Å²) in [5.41, 5.74) is 0.780. The highest BCUT2D eigenvalue weighted by Crippen LogP contribution is 2.11. The van der Waals surface area contributed by atoms with E-state index in [1.807, 2.05) is 30.3 Å². The van der Waals surface area contributed by atoms with Gasteiger partial charge in [-0.3, -0.25) is 9.59 Å². The molecule has 1 aromatic carbocycles. The first-order valence-electron chi connectivity index (χ1n) is 7.09. The number of carbonyl (C=O) groups is 2. The predicted molar refractivity (Wildman–Crippen MR) is 85.5 cm³/mol. The second-order valence-electron chi connectivity index (χ2n) is 4.98. The Balaban J connectivity index is 0.00000220. The van der Waals surface area contributed by atoms with Crippen LogP contribution in [0.4, 0.5) is 5.69 Å². The highest BCUT2D eigenvalue weighted by atomic mass is 35.5. The third-order valence-corrected chi connectivity index (χ3v) is 3.42. The Morgan fingerprint density at radius 1 is 1.14 bits per heavy atom. The van der Waals surface area contributed by atoms with Crippen LogP contribution in [0.3, 0.4) is 0 Å². The Kier molecular flexibility index (Phi) is 7.79. The zero-order valence-corrected chi connectivity index (χ0v) is 12.7. The van der Waals surface area contributed by atoms with Crippen molar-refractivity contribution in [3.05, 3.63) is 30.3 Å². The van der Waals surface area contributed by atoms with Gasteiger partial charge in [-0.25, -0.2) is 0 Å². The summed E-state index contributed by atoms with van der Waals surface area (Å²) in [5, 5.41) is 8.86. The number of hydrogen-bond donors (Lipinski definition) is 3. The molecule has 0 aromatic heterocycles. The quantitative estimate of drug-likeness (QED) is 0.773. The molecule has 116 valence electrons. The van der Waals surface area contributed by atoms with Gasteiger partial charge in [-0.1, -0.05) is 18.2 Å². The average molecular weight is 312 g/mol. The second kappa shape index (κ2) is 9.37. The lowest BCUT2D eigenvalue weighted by atomic mass is 9.97. The van der Waals surface area contributed by atoms with Crippen LogP contribution in [0.25, 0.3) is 0 Å². The Hall–Kier alpha value is -1.59. The van der Waals surface area contributed by atoms with Gasteiger partial charge in [0.2, 0.25) is 11.8 Å². The number of anilines is 1. The number of para-hydroxylation sites is 1. The number of hydrogen-bond acceptors (Lipinski definition) is 3. The van der Waals surface area contributed by atoms with E-state index in [9.17, 15) is 9.59 Å². The molecule has 3 N–H and O–H groups in total. The van der Waals surface area contributed by atoms with E-state index in [1.54, 1.807) is 0 Å². The summed E-state index contributed by atoms with van der Waals surface area (Å²) in [6.45, 7) is 2.18. The van der Waals surface area contributed by atoms with Gasteiger partial charge < -0.3 is 16.0 Å². The van der Waals surface area contributed by atoms with E-state index >= 15 is 0 Å². The van der Waals surface area contributed by atoms with Gasteiger partial charge in [-0.15, -0.1) is 12.4 Å². The smallest absolute Gasteiger partial charge is 0.226 e. The molecule has 1 aromatic rings. The average Bonchev–Trinajstić information content (AvgIpc) is 2.49. The molecule has 5 nitrogen and oxygen atoms in total. The van der Waals surface area contributed by atoms with Crippen molar-refractivity contribution < 1.29 is 9.59 Å². The van der Waals surface area contributed by atoms with E-state index in [1.165, 1.54) is 0 Å². The number of benzene rings is 1. The third-order valence-electron chi connectivity index (χ3n) is 3.42. The summed E-state index contributed by atoms with van der Waals surface area (Å²) < 4.78 is 0. The standard InChI is InChI=1S/C15H21N3O2.ClH/c19-14(18-13-4-2-1-3-5-13)8-11-17-15(20)12-6-9-16-10-7-12;/h1-5,12,16H,6-11H2,(H,17,20)(H,18,19);1H. The molecule has 1 fully saturated rings. The maximum absolute atomic E-state index is 11.9. The lowest BCUT2D eigenvalue weighted by Gasteiger charge is -2.21. The Morgan fingerprint density at radius 3 is 2.48 bits per heavy atom. The van der Waals surface area contributed by atoms with Gasteiger partial charge in [-0.2, -0.15) is 0 Å². The summed E-state index contributed by atoms with van der Waals surface area (Å²) in [6, 6.07) is 9.31. The maximum Gasteiger partial charge on any atom is 0.226 e. The summed E-state index contributed by atoms with van der Waals surface area (Å²) >= 11 is 0. The summed E-state index contributed by atoms with van der Waals surface area (Å²) in [5.74, 6) is 0.0780. The normalized spacial score (nSPS) is 14.9. The van der Waals surface area contributed by atoms with Crippen molar-refractivity contribution >= 4 is 29.9 Å². The van der Waals surface area contributed by atoms with E-state index in [0.29, 0.717) is 13.0 Å². The monoisotopic (exact) mass is 311 g/mol.